The van der Waals surface area contributed by atoms with Gasteiger partial charge in [-0.3, -0.25) is 4.79 Å². The smallest absolute Gasteiger partial charge is 0.231 e. The van der Waals surface area contributed by atoms with E-state index in [1.165, 1.54) is 0 Å². The predicted molar refractivity (Wildman–Crippen MR) is 32.8 cm³/mol. The number of carbonyl (C=O) groups excluding carboxylic acids is 1. The number of nitrogens with one attached hydrogen (secondary N) is 1. The predicted octanol–water partition coefficient (Wildman–Crippen LogP) is -0.700. The summed E-state index contributed by atoms with van der Waals surface area (Å²) in [6.45, 7) is 0.844. The summed E-state index contributed by atoms with van der Waals surface area (Å²) in [6.07, 6.45) is 0. The van der Waals surface area contributed by atoms with Gasteiger partial charge in [0.2, 0.25) is 5.91 Å². The van der Waals surface area contributed by atoms with Crippen molar-refractivity contribution in [3.05, 3.63) is 0 Å². The average Bonchev–Trinajstić information content (AvgIpc) is 1.66. The molecule has 0 spiro atoms. The molecule has 0 aromatic heterocycles. The highest BCUT2D eigenvalue weighted by molar-refractivity contribution is 6.18. The van der Waals surface area contributed by atoms with E-state index in [1.807, 2.05) is 0 Å². The topological polar surface area (TPSA) is 55.1 Å². The number of rotatable bonds is 4. The molecule has 0 aromatic carbocycles. The van der Waals surface area contributed by atoms with Crippen LogP contribution in [-0.2, 0) is 4.79 Å². The molecule has 0 aliphatic carbocycles. The molecule has 0 radical (unpaired) electrons. The van der Waals surface area contributed by atoms with Crippen LogP contribution in [0.3, 0.4) is 0 Å². The average molecular weight is 137 g/mol. The van der Waals surface area contributed by atoms with Crippen molar-refractivity contribution >= 4 is 17.5 Å². The lowest BCUT2D eigenvalue weighted by Crippen LogP contribution is -2.29. The molecule has 8 heavy (non-hydrogen) atoms. The van der Waals surface area contributed by atoms with Crippen LogP contribution in [0.4, 0.5) is 0 Å². The van der Waals surface area contributed by atoms with Crippen molar-refractivity contribution in [2.45, 2.75) is 0 Å². The second kappa shape index (κ2) is 4.87. The van der Waals surface area contributed by atoms with Gasteiger partial charge in [-0.05, 0) is 0 Å². The third-order valence-corrected chi connectivity index (χ3v) is 0.759. The number of carbonyl (C=O) groups is 1. The Morgan fingerprint density at radius 1 is 1.75 bits per heavy atom. The largest absolute Gasteiger partial charge is 0.369 e. The van der Waals surface area contributed by atoms with Gasteiger partial charge >= 0.3 is 0 Å². The zero-order chi connectivity index (χ0) is 6.41. The van der Waals surface area contributed by atoms with E-state index in [2.05, 4.69) is 5.32 Å². The van der Waals surface area contributed by atoms with E-state index in [0.717, 1.165) is 0 Å². The Labute approximate surface area is 53.2 Å². The fraction of sp³-hybridized carbons (Fsp3) is 0.750. The molecule has 0 aromatic rings. The van der Waals surface area contributed by atoms with Crippen LogP contribution in [0.25, 0.3) is 0 Å². The molecule has 4 heteroatoms. The van der Waals surface area contributed by atoms with Crippen molar-refractivity contribution in [1.29, 1.82) is 0 Å². The number of amides is 1. The third-order valence-electron chi connectivity index (χ3n) is 0.570. The first kappa shape index (κ1) is 7.72. The van der Waals surface area contributed by atoms with Crippen LogP contribution in [0.5, 0.6) is 0 Å². The maximum absolute atomic E-state index is 9.99. The lowest BCUT2D eigenvalue weighted by atomic mass is 10.6. The van der Waals surface area contributed by atoms with Gasteiger partial charge in [-0.15, -0.1) is 11.6 Å². The molecule has 0 aliphatic rings. The van der Waals surface area contributed by atoms with E-state index in [9.17, 15) is 4.79 Å². The fourth-order valence-corrected chi connectivity index (χ4v) is 0.412. The second-order valence-corrected chi connectivity index (χ2v) is 1.71. The minimum absolute atomic E-state index is 0.215. The molecular weight excluding hydrogens is 128 g/mol. The summed E-state index contributed by atoms with van der Waals surface area (Å²) in [6, 6.07) is 0. The highest BCUT2D eigenvalue weighted by Gasteiger charge is 1.88. The maximum Gasteiger partial charge on any atom is 0.231 e. The molecule has 48 valence electrons. The Kier molecular flexibility index (Phi) is 4.70. The molecule has 3 N–H and O–H groups in total. The summed E-state index contributed by atoms with van der Waals surface area (Å²) in [4.78, 5) is 9.99. The summed E-state index contributed by atoms with van der Waals surface area (Å²) in [5.74, 6) is 0.155. The molecule has 0 saturated heterocycles. The summed E-state index contributed by atoms with van der Waals surface area (Å²) in [7, 11) is 0. The minimum atomic E-state index is -0.352. The zero-order valence-corrected chi connectivity index (χ0v) is 5.24. The van der Waals surface area contributed by atoms with Crippen LogP contribution >= 0.6 is 11.6 Å². The molecule has 0 heterocycles. The van der Waals surface area contributed by atoms with Crippen LogP contribution in [0, 0.1) is 0 Å². The van der Waals surface area contributed by atoms with Gasteiger partial charge in [0, 0.05) is 12.4 Å². The lowest BCUT2D eigenvalue weighted by Gasteiger charge is -1.94. The van der Waals surface area contributed by atoms with Crippen LogP contribution < -0.4 is 11.1 Å². The molecule has 1 amide bonds. The molecule has 0 saturated carbocycles. The Morgan fingerprint density at radius 3 is 2.75 bits per heavy atom. The van der Waals surface area contributed by atoms with Crippen molar-refractivity contribution in [2.24, 2.45) is 5.73 Å². The highest BCUT2D eigenvalue weighted by atomic mass is 35.5. The van der Waals surface area contributed by atoms with Gasteiger partial charge in [0.15, 0.2) is 0 Å². The standard InChI is InChI=1S/C4H9ClN2O/c5-1-2-7-3-4(6)8/h7H,1-3H2,(H2,6,8). The maximum atomic E-state index is 9.99. The Hall–Kier alpha value is -0.280. The molecule has 3 nitrogen and oxygen atoms in total. The van der Waals surface area contributed by atoms with E-state index in [4.69, 9.17) is 17.3 Å². The minimum Gasteiger partial charge on any atom is -0.369 e. The van der Waals surface area contributed by atoms with Gasteiger partial charge in [-0.2, -0.15) is 0 Å². The SMILES string of the molecule is NC(=O)CNCCCl. The summed E-state index contributed by atoms with van der Waals surface area (Å²) >= 11 is 5.27. The normalized spacial score (nSPS) is 9.12. The second-order valence-electron chi connectivity index (χ2n) is 1.33. The number of nitrogens with two attached hydrogens (primary N) is 1. The van der Waals surface area contributed by atoms with Gasteiger partial charge < -0.3 is 11.1 Å². The lowest BCUT2D eigenvalue weighted by molar-refractivity contribution is -0.117. The van der Waals surface area contributed by atoms with Crippen LogP contribution in [-0.4, -0.2) is 24.9 Å². The number of alkyl halides is 1. The summed E-state index contributed by atoms with van der Waals surface area (Å²) in [5, 5.41) is 2.73. The number of primary amides is 1. The van der Waals surface area contributed by atoms with Gasteiger partial charge in [0.05, 0.1) is 6.54 Å². The first-order valence-corrected chi connectivity index (χ1v) is 2.86. The molecule has 0 rings (SSSR count). The van der Waals surface area contributed by atoms with Crippen LogP contribution in [0.15, 0.2) is 0 Å². The highest BCUT2D eigenvalue weighted by Crippen LogP contribution is 1.67. The monoisotopic (exact) mass is 136 g/mol. The summed E-state index contributed by atoms with van der Waals surface area (Å²) in [5.41, 5.74) is 4.79. The summed E-state index contributed by atoms with van der Waals surface area (Å²) < 4.78 is 0. The molecule has 0 fully saturated rings. The van der Waals surface area contributed by atoms with Gasteiger partial charge in [0.1, 0.15) is 0 Å². The Morgan fingerprint density at radius 2 is 2.38 bits per heavy atom. The van der Waals surface area contributed by atoms with Crippen molar-refractivity contribution in [3.63, 3.8) is 0 Å². The van der Waals surface area contributed by atoms with E-state index in [1.54, 1.807) is 0 Å². The third kappa shape index (κ3) is 5.72. The van der Waals surface area contributed by atoms with Crippen LogP contribution in [0.2, 0.25) is 0 Å². The van der Waals surface area contributed by atoms with E-state index < -0.39 is 0 Å². The van der Waals surface area contributed by atoms with Crippen molar-refractivity contribution in [3.8, 4) is 0 Å². The van der Waals surface area contributed by atoms with Crippen molar-refractivity contribution < 1.29 is 4.79 Å². The Bertz CT molecular complexity index is 76.4. The van der Waals surface area contributed by atoms with E-state index in [0.29, 0.717) is 12.4 Å². The number of hydrogen-bond donors (Lipinski definition) is 2. The van der Waals surface area contributed by atoms with Gasteiger partial charge in [-0.1, -0.05) is 0 Å². The molecule has 0 bridgehead atoms. The quantitative estimate of drug-likeness (QED) is 0.397. The Balaban J connectivity index is 2.82. The molecule has 0 aliphatic heterocycles. The van der Waals surface area contributed by atoms with E-state index in [-0.39, 0.29) is 12.5 Å². The first-order chi connectivity index (χ1) is 3.77. The van der Waals surface area contributed by atoms with E-state index >= 15 is 0 Å². The van der Waals surface area contributed by atoms with Gasteiger partial charge in [0.25, 0.3) is 0 Å². The first-order valence-electron chi connectivity index (χ1n) is 2.32. The zero-order valence-electron chi connectivity index (χ0n) is 4.48. The molecule has 0 atom stereocenters. The number of hydrogen-bond acceptors (Lipinski definition) is 2. The number of halogens is 1. The van der Waals surface area contributed by atoms with Crippen molar-refractivity contribution in [2.75, 3.05) is 19.0 Å². The molecular formula is C4H9ClN2O. The van der Waals surface area contributed by atoms with Crippen LogP contribution in [0.1, 0.15) is 0 Å². The van der Waals surface area contributed by atoms with Crippen molar-refractivity contribution in [1.82, 2.24) is 5.32 Å². The molecule has 0 unspecified atom stereocenters. The fourth-order valence-electron chi connectivity index (χ4n) is 0.278. The van der Waals surface area contributed by atoms with Gasteiger partial charge in [-0.25, -0.2) is 0 Å².